The Bertz CT molecular complexity index is 1470. The van der Waals surface area contributed by atoms with Gasteiger partial charge in [-0.25, -0.2) is 4.98 Å². The second-order valence-corrected chi connectivity index (χ2v) is 8.29. The van der Waals surface area contributed by atoms with Gasteiger partial charge in [-0.1, -0.05) is 12.1 Å². The fraction of sp³-hybridized carbons (Fsp3) is 0.292. The summed E-state index contributed by atoms with van der Waals surface area (Å²) in [5.41, 5.74) is 2.41. The van der Waals surface area contributed by atoms with Crippen molar-refractivity contribution >= 4 is 22.6 Å². The number of pyridine rings is 3. The van der Waals surface area contributed by atoms with Gasteiger partial charge < -0.3 is 14.6 Å². The molecule has 0 saturated carbocycles. The molecule has 1 saturated heterocycles. The van der Waals surface area contributed by atoms with Gasteiger partial charge in [0.05, 0.1) is 23.6 Å². The molecule has 0 spiro atoms. The summed E-state index contributed by atoms with van der Waals surface area (Å²) in [5, 5.41) is 12.0. The van der Waals surface area contributed by atoms with Gasteiger partial charge in [-0.05, 0) is 49.1 Å². The standard InChI is InChI=1S/C24H24N6O3/c1-15-6-7-20-28-22-19(24(32)29(20)13-15)10-18(23(31)27-12-17-5-3-9-33-17)21(25)30(22)14-16-4-2-8-26-11-16/h2,4,6-8,10-11,13,17,25H,3,5,9,12,14H2,1H3,(H,27,31)/t17-/m0/s1. The molecule has 0 aromatic carbocycles. The highest BCUT2D eigenvalue weighted by Crippen LogP contribution is 2.14. The van der Waals surface area contributed by atoms with Gasteiger partial charge in [-0.3, -0.25) is 24.4 Å². The van der Waals surface area contributed by atoms with Crippen molar-refractivity contribution in [2.75, 3.05) is 13.2 Å². The van der Waals surface area contributed by atoms with Crippen molar-refractivity contribution in [2.24, 2.45) is 0 Å². The van der Waals surface area contributed by atoms with E-state index in [9.17, 15) is 9.59 Å². The number of hydrogen-bond acceptors (Lipinski definition) is 6. The molecule has 1 aliphatic heterocycles. The average molecular weight is 444 g/mol. The van der Waals surface area contributed by atoms with Crippen molar-refractivity contribution in [3.8, 4) is 0 Å². The number of ether oxygens (including phenoxy) is 1. The van der Waals surface area contributed by atoms with Gasteiger partial charge in [0, 0.05) is 31.7 Å². The maximum Gasteiger partial charge on any atom is 0.267 e. The summed E-state index contributed by atoms with van der Waals surface area (Å²) in [6.07, 6.45) is 6.93. The molecule has 2 N–H and O–H groups in total. The van der Waals surface area contributed by atoms with Crippen molar-refractivity contribution in [1.82, 2.24) is 24.3 Å². The summed E-state index contributed by atoms with van der Waals surface area (Å²) in [6, 6.07) is 8.82. The molecule has 4 aromatic rings. The Labute approximate surface area is 189 Å². The number of carbonyl (C=O) groups is 1. The molecular formula is C24H24N6O3. The Morgan fingerprint density at radius 3 is 2.97 bits per heavy atom. The zero-order valence-corrected chi connectivity index (χ0v) is 18.2. The molecule has 1 atom stereocenters. The number of amides is 1. The molecule has 1 amide bonds. The Balaban J connectivity index is 1.68. The molecule has 168 valence electrons. The smallest absolute Gasteiger partial charge is 0.267 e. The zero-order valence-electron chi connectivity index (χ0n) is 18.2. The van der Waals surface area contributed by atoms with Gasteiger partial charge in [0.15, 0.2) is 0 Å². The van der Waals surface area contributed by atoms with E-state index in [4.69, 9.17) is 10.1 Å². The van der Waals surface area contributed by atoms with Crippen molar-refractivity contribution in [3.05, 3.63) is 81.5 Å². The zero-order chi connectivity index (χ0) is 22.9. The number of aryl methyl sites for hydroxylation is 1. The molecule has 5 heterocycles. The van der Waals surface area contributed by atoms with E-state index in [2.05, 4.69) is 15.3 Å². The first-order chi connectivity index (χ1) is 16.0. The van der Waals surface area contributed by atoms with Crippen LogP contribution in [0.25, 0.3) is 16.7 Å². The Morgan fingerprint density at radius 1 is 1.33 bits per heavy atom. The van der Waals surface area contributed by atoms with Crippen LogP contribution in [0.5, 0.6) is 0 Å². The summed E-state index contributed by atoms with van der Waals surface area (Å²) in [6.45, 7) is 3.22. The number of rotatable bonds is 5. The minimum Gasteiger partial charge on any atom is -0.376 e. The third-order valence-corrected chi connectivity index (χ3v) is 5.88. The third-order valence-electron chi connectivity index (χ3n) is 5.88. The maximum absolute atomic E-state index is 13.4. The molecule has 5 rings (SSSR count). The fourth-order valence-electron chi connectivity index (χ4n) is 4.15. The van der Waals surface area contributed by atoms with Crippen LogP contribution in [-0.2, 0) is 11.3 Å². The van der Waals surface area contributed by atoms with Crippen LogP contribution < -0.4 is 16.4 Å². The molecule has 0 unspecified atom stereocenters. The van der Waals surface area contributed by atoms with Crippen molar-refractivity contribution in [3.63, 3.8) is 0 Å². The number of nitrogens with one attached hydrogen (secondary N) is 2. The van der Waals surface area contributed by atoms with Crippen LogP contribution in [0.15, 0.2) is 53.7 Å². The van der Waals surface area contributed by atoms with Crippen LogP contribution in [0.3, 0.4) is 0 Å². The van der Waals surface area contributed by atoms with Gasteiger partial charge in [0.25, 0.3) is 11.5 Å². The average Bonchev–Trinajstić information content (AvgIpc) is 3.34. The molecule has 0 bridgehead atoms. The number of carbonyl (C=O) groups excluding carboxylic acids is 1. The largest absolute Gasteiger partial charge is 0.376 e. The quantitative estimate of drug-likeness (QED) is 0.456. The molecule has 33 heavy (non-hydrogen) atoms. The monoisotopic (exact) mass is 444 g/mol. The normalized spacial score (nSPS) is 15.8. The molecule has 1 fully saturated rings. The van der Waals surface area contributed by atoms with E-state index in [-0.39, 0.29) is 34.6 Å². The molecule has 4 aromatic heterocycles. The van der Waals surface area contributed by atoms with Crippen LogP contribution in [0.1, 0.15) is 34.3 Å². The second-order valence-electron chi connectivity index (χ2n) is 8.29. The first-order valence-electron chi connectivity index (χ1n) is 10.9. The first kappa shape index (κ1) is 21.0. The van der Waals surface area contributed by atoms with Gasteiger partial charge in [0.2, 0.25) is 0 Å². The van der Waals surface area contributed by atoms with Crippen LogP contribution in [-0.4, -0.2) is 44.1 Å². The lowest BCUT2D eigenvalue weighted by atomic mass is 10.1. The highest BCUT2D eigenvalue weighted by Gasteiger charge is 2.20. The highest BCUT2D eigenvalue weighted by atomic mass is 16.5. The first-order valence-corrected chi connectivity index (χ1v) is 10.9. The molecule has 0 radical (unpaired) electrons. The van der Waals surface area contributed by atoms with Crippen LogP contribution in [0.4, 0.5) is 0 Å². The molecule has 9 heteroatoms. The van der Waals surface area contributed by atoms with E-state index in [0.717, 1.165) is 24.0 Å². The fourth-order valence-corrected chi connectivity index (χ4v) is 4.15. The molecule has 9 nitrogen and oxygen atoms in total. The van der Waals surface area contributed by atoms with E-state index in [1.165, 1.54) is 10.5 Å². The van der Waals surface area contributed by atoms with Crippen molar-refractivity contribution in [2.45, 2.75) is 32.4 Å². The predicted octanol–water partition coefficient (Wildman–Crippen LogP) is 1.79. The van der Waals surface area contributed by atoms with Gasteiger partial charge >= 0.3 is 0 Å². The Hall–Kier alpha value is -3.85. The predicted molar refractivity (Wildman–Crippen MR) is 122 cm³/mol. The van der Waals surface area contributed by atoms with E-state index >= 15 is 0 Å². The summed E-state index contributed by atoms with van der Waals surface area (Å²) >= 11 is 0. The van der Waals surface area contributed by atoms with Crippen LogP contribution >= 0.6 is 0 Å². The van der Waals surface area contributed by atoms with Gasteiger partial charge in [-0.15, -0.1) is 0 Å². The minimum absolute atomic E-state index is 0.0143. The van der Waals surface area contributed by atoms with E-state index in [0.29, 0.717) is 24.4 Å². The maximum atomic E-state index is 13.4. The molecular weight excluding hydrogens is 420 g/mol. The summed E-state index contributed by atoms with van der Waals surface area (Å²) in [7, 11) is 0. The molecule has 1 aliphatic rings. The summed E-state index contributed by atoms with van der Waals surface area (Å²) in [5.74, 6) is -0.411. The highest BCUT2D eigenvalue weighted by molar-refractivity contribution is 5.96. The number of nitrogens with zero attached hydrogens (tertiary/aromatic N) is 4. The third kappa shape index (κ3) is 4.03. The molecule has 0 aliphatic carbocycles. The minimum atomic E-state index is -0.411. The lowest BCUT2D eigenvalue weighted by molar-refractivity contribution is 0.0856. The van der Waals surface area contributed by atoms with E-state index in [1.54, 1.807) is 35.3 Å². The Kier molecular flexibility index (Phi) is 5.47. The SMILES string of the molecule is Cc1ccc2nc3c(cc(C(=O)NC[C@@H]4CCCO4)c(=N)n3Cc3cccnc3)c(=O)n2c1. The number of hydrogen-bond donors (Lipinski definition) is 2. The van der Waals surface area contributed by atoms with Crippen molar-refractivity contribution in [1.29, 1.82) is 5.41 Å². The topological polar surface area (TPSA) is 114 Å². The lowest BCUT2D eigenvalue weighted by Gasteiger charge is -2.16. The Morgan fingerprint density at radius 2 is 2.21 bits per heavy atom. The van der Waals surface area contributed by atoms with Gasteiger partial charge in [0.1, 0.15) is 16.8 Å². The lowest BCUT2D eigenvalue weighted by Crippen LogP contribution is -2.38. The summed E-state index contributed by atoms with van der Waals surface area (Å²) in [4.78, 5) is 35.3. The number of aromatic nitrogens is 4. The second kappa shape index (κ2) is 8.59. The van der Waals surface area contributed by atoms with Gasteiger partial charge in [-0.2, -0.15) is 0 Å². The van der Waals surface area contributed by atoms with Crippen LogP contribution in [0, 0.1) is 12.3 Å². The van der Waals surface area contributed by atoms with Crippen molar-refractivity contribution < 1.29 is 9.53 Å². The van der Waals surface area contributed by atoms with E-state index < -0.39 is 5.91 Å². The van der Waals surface area contributed by atoms with E-state index in [1.807, 2.05) is 19.1 Å². The van der Waals surface area contributed by atoms with Crippen LogP contribution in [0.2, 0.25) is 0 Å². The summed E-state index contributed by atoms with van der Waals surface area (Å²) < 4.78 is 8.65. The number of fused-ring (bicyclic) bond motifs is 2.